The molecule has 0 amide bonds. The van der Waals surface area contributed by atoms with Crippen LogP contribution >= 0.6 is 0 Å². The van der Waals surface area contributed by atoms with E-state index < -0.39 is 0 Å². The van der Waals surface area contributed by atoms with Crippen LogP contribution in [0.2, 0.25) is 0 Å². The fourth-order valence-corrected chi connectivity index (χ4v) is 3.19. The van der Waals surface area contributed by atoms with Crippen LogP contribution in [0.3, 0.4) is 0 Å². The second-order valence-corrected chi connectivity index (χ2v) is 6.73. The van der Waals surface area contributed by atoms with Crippen LogP contribution in [0.25, 0.3) is 0 Å². The van der Waals surface area contributed by atoms with Gasteiger partial charge in [-0.2, -0.15) is 4.98 Å². The molecule has 1 aliphatic heterocycles. The van der Waals surface area contributed by atoms with Crippen molar-refractivity contribution in [2.45, 2.75) is 32.4 Å². The molecular formula is C19H24N4O. The molecule has 1 fully saturated rings. The predicted molar refractivity (Wildman–Crippen MR) is 93.9 cm³/mol. The van der Waals surface area contributed by atoms with E-state index in [9.17, 15) is 0 Å². The molecule has 0 radical (unpaired) electrons. The van der Waals surface area contributed by atoms with Gasteiger partial charge in [-0.15, -0.1) is 0 Å². The van der Waals surface area contributed by atoms with Crippen molar-refractivity contribution in [3.63, 3.8) is 0 Å². The maximum atomic E-state index is 5.85. The van der Waals surface area contributed by atoms with Crippen molar-refractivity contribution in [2.24, 2.45) is 5.92 Å². The summed E-state index contributed by atoms with van der Waals surface area (Å²) in [6.07, 6.45) is 5.86. The minimum Gasteiger partial charge on any atom is -0.475 e. The topological polar surface area (TPSA) is 50.3 Å². The maximum absolute atomic E-state index is 5.85. The fraction of sp³-hybridized carbons (Fsp3) is 0.474. The molecule has 5 nitrogen and oxygen atoms in total. The molecule has 0 bridgehead atoms. The van der Waals surface area contributed by atoms with Crippen molar-refractivity contribution in [2.75, 3.05) is 25.0 Å². The summed E-state index contributed by atoms with van der Waals surface area (Å²) in [6.45, 7) is 4.22. The van der Waals surface area contributed by atoms with Gasteiger partial charge in [0.25, 0.3) is 0 Å². The molecule has 1 saturated carbocycles. The number of aromatic nitrogens is 2. The molecule has 0 saturated heterocycles. The van der Waals surface area contributed by atoms with Gasteiger partial charge in [-0.3, -0.25) is 9.88 Å². The molecule has 1 aromatic carbocycles. The number of hydrogen-bond acceptors (Lipinski definition) is 5. The van der Waals surface area contributed by atoms with Crippen molar-refractivity contribution >= 4 is 5.82 Å². The Morgan fingerprint density at radius 2 is 2.08 bits per heavy atom. The van der Waals surface area contributed by atoms with Crippen LogP contribution in [0.4, 0.5) is 5.82 Å². The first kappa shape index (κ1) is 15.4. The van der Waals surface area contributed by atoms with Crippen LogP contribution in [-0.2, 0) is 13.1 Å². The number of nitrogens with one attached hydrogen (secondary N) is 1. The molecule has 5 heteroatoms. The summed E-state index contributed by atoms with van der Waals surface area (Å²) in [5.41, 5.74) is 2.24. The number of fused-ring (bicyclic) bond motifs is 1. The quantitative estimate of drug-likeness (QED) is 0.916. The Labute approximate surface area is 143 Å². The van der Waals surface area contributed by atoms with Gasteiger partial charge in [-0.1, -0.05) is 36.8 Å². The smallest absolute Gasteiger partial charge is 0.239 e. The highest BCUT2D eigenvalue weighted by atomic mass is 16.5. The van der Waals surface area contributed by atoms with Gasteiger partial charge in [0.05, 0.1) is 6.20 Å². The molecule has 2 heterocycles. The molecule has 0 unspecified atom stereocenters. The molecule has 2 aliphatic rings. The summed E-state index contributed by atoms with van der Waals surface area (Å²) >= 11 is 0. The van der Waals surface area contributed by atoms with Crippen LogP contribution in [0.5, 0.6) is 5.88 Å². The molecule has 126 valence electrons. The predicted octanol–water partition coefficient (Wildman–Crippen LogP) is 3.08. The van der Waals surface area contributed by atoms with Crippen LogP contribution in [0.1, 0.15) is 30.5 Å². The van der Waals surface area contributed by atoms with Crippen molar-refractivity contribution in [1.82, 2.24) is 14.9 Å². The third-order valence-electron chi connectivity index (χ3n) is 4.88. The largest absolute Gasteiger partial charge is 0.475 e. The SMILES string of the molecule is c1ccc(CN2CCOc3nc(NCC4CCC4)cnc3C2)cc1. The Morgan fingerprint density at radius 3 is 2.88 bits per heavy atom. The second-order valence-electron chi connectivity index (χ2n) is 6.73. The molecule has 0 atom stereocenters. The van der Waals surface area contributed by atoms with E-state index in [4.69, 9.17) is 4.74 Å². The Bertz CT molecular complexity index is 672. The van der Waals surface area contributed by atoms with E-state index in [1.165, 1.54) is 24.8 Å². The zero-order chi connectivity index (χ0) is 16.2. The van der Waals surface area contributed by atoms with E-state index in [1.807, 2.05) is 12.3 Å². The van der Waals surface area contributed by atoms with Crippen molar-refractivity contribution in [3.05, 3.63) is 47.8 Å². The first-order chi connectivity index (χ1) is 11.9. The zero-order valence-electron chi connectivity index (χ0n) is 13.9. The van der Waals surface area contributed by atoms with Gasteiger partial charge >= 0.3 is 0 Å². The molecule has 0 spiro atoms. The van der Waals surface area contributed by atoms with Crippen molar-refractivity contribution in [3.8, 4) is 5.88 Å². The van der Waals surface area contributed by atoms with Crippen LogP contribution < -0.4 is 10.1 Å². The molecule has 2 aromatic rings. The Morgan fingerprint density at radius 1 is 1.21 bits per heavy atom. The normalized spacial score (nSPS) is 18.2. The number of hydrogen-bond donors (Lipinski definition) is 1. The zero-order valence-corrected chi connectivity index (χ0v) is 13.9. The lowest BCUT2D eigenvalue weighted by molar-refractivity contribution is 0.217. The van der Waals surface area contributed by atoms with E-state index in [2.05, 4.69) is 44.5 Å². The lowest BCUT2D eigenvalue weighted by atomic mass is 9.85. The fourth-order valence-electron chi connectivity index (χ4n) is 3.19. The van der Waals surface area contributed by atoms with Crippen LogP contribution in [0, 0.1) is 5.92 Å². The van der Waals surface area contributed by atoms with Gasteiger partial charge in [0.15, 0.2) is 0 Å². The minimum atomic E-state index is 0.653. The van der Waals surface area contributed by atoms with Gasteiger partial charge < -0.3 is 10.1 Å². The summed E-state index contributed by atoms with van der Waals surface area (Å²) < 4.78 is 5.85. The molecule has 1 aromatic heterocycles. The lowest BCUT2D eigenvalue weighted by Crippen LogP contribution is -2.25. The summed E-state index contributed by atoms with van der Waals surface area (Å²) in [5, 5.41) is 3.40. The first-order valence-corrected chi connectivity index (χ1v) is 8.86. The highest BCUT2D eigenvalue weighted by molar-refractivity contribution is 5.36. The summed E-state index contributed by atoms with van der Waals surface area (Å²) in [5.74, 6) is 2.31. The average Bonchev–Trinajstić information content (AvgIpc) is 2.76. The highest BCUT2D eigenvalue weighted by Gasteiger charge is 2.20. The third kappa shape index (κ3) is 3.67. The van der Waals surface area contributed by atoms with Crippen LogP contribution in [-0.4, -0.2) is 34.6 Å². The second kappa shape index (κ2) is 7.18. The standard InChI is InChI=1S/C19H24N4O/c1-2-5-16(6-3-1)13-23-9-10-24-19-17(14-23)20-12-18(22-19)21-11-15-7-4-8-15/h1-3,5-6,12,15H,4,7-11,13-14H2,(H,21,22). The highest BCUT2D eigenvalue weighted by Crippen LogP contribution is 2.27. The average molecular weight is 324 g/mol. The summed E-state index contributed by atoms with van der Waals surface area (Å²) in [7, 11) is 0. The van der Waals surface area contributed by atoms with Gasteiger partial charge in [0, 0.05) is 26.2 Å². The monoisotopic (exact) mass is 324 g/mol. The molecule has 4 rings (SSSR count). The van der Waals surface area contributed by atoms with Crippen LogP contribution in [0.15, 0.2) is 36.5 Å². The maximum Gasteiger partial charge on any atom is 0.239 e. The van der Waals surface area contributed by atoms with Crippen molar-refractivity contribution < 1.29 is 4.74 Å². The summed E-state index contributed by atoms with van der Waals surface area (Å²) in [4.78, 5) is 11.6. The number of anilines is 1. The van der Waals surface area contributed by atoms with E-state index >= 15 is 0 Å². The third-order valence-corrected chi connectivity index (χ3v) is 4.88. The lowest BCUT2D eigenvalue weighted by Gasteiger charge is -2.25. The molecular weight excluding hydrogens is 300 g/mol. The Balaban J connectivity index is 1.41. The molecule has 24 heavy (non-hydrogen) atoms. The number of rotatable bonds is 5. The Kier molecular flexibility index (Phi) is 4.60. The molecule has 1 N–H and O–H groups in total. The van der Waals surface area contributed by atoms with Gasteiger partial charge in [-0.05, 0) is 24.3 Å². The number of benzene rings is 1. The van der Waals surface area contributed by atoms with E-state index in [0.29, 0.717) is 12.5 Å². The van der Waals surface area contributed by atoms with E-state index in [0.717, 1.165) is 43.6 Å². The van der Waals surface area contributed by atoms with E-state index in [1.54, 1.807) is 0 Å². The number of nitrogens with zero attached hydrogens (tertiary/aromatic N) is 3. The van der Waals surface area contributed by atoms with Gasteiger partial charge in [0.1, 0.15) is 18.1 Å². The van der Waals surface area contributed by atoms with Gasteiger partial charge in [0.2, 0.25) is 5.88 Å². The Hall–Kier alpha value is -2.14. The minimum absolute atomic E-state index is 0.653. The van der Waals surface area contributed by atoms with E-state index in [-0.39, 0.29) is 0 Å². The van der Waals surface area contributed by atoms with Gasteiger partial charge in [-0.25, -0.2) is 0 Å². The number of ether oxygens (including phenoxy) is 1. The summed E-state index contributed by atoms with van der Waals surface area (Å²) in [6, 6.07) is 10.5. The first-order valence-electron chi connectivity index (χ1n) is 8.86. The van der Waals surface area contributed by atoms with Crippen molar-refractivity contribution in [1.29, 1.82) is 0 Å². The molecule has 1 aliphatic carbocycles.